The summed E-state index contributed by atoms with van der Waals surface area (Å²) in [5, 5.41) is 9.44. The molecule has 0 fully saturated rings. The van der Waals surface area contributed by atoms with Crippen LogP contribution >= 0.6 is 0 Å². The molecule has 170 valence electrons. The number of hydroxylamine groups is 1. The fraction of sp³-hybridized carbons (Fsp3) is 0.417. The number of nitrogens with one attached hydrogen (secondary N) is 1. The van der Waals surface area contributed by atoms with Crippen molar-refractivity contribution < 1.29 is 19.5 Å². The molecule has 2 aromatic heterocycles. The van der Waals surface area contributed by atoms with E-state index in [4.69, 9.17) is 14.7 Å². The Morgan fingerprint density at radius 1 is 1.00 bits per heavy atom. The number of amides is 1. The fourth-order valence-corrected chi connectivity index (χ4v) is 3.54. The van der Waals surface area contributed by atoms with Gasteiger partial charge in [0.05, 0.1) is 13.7 Å². The molecule has 2 heterocycles. The average molecular weight is 439 g/mol. The molecule has 3 rings (SSSR count). The van der Waals surface area contributed by atoms with E-state index in [-0.39, 0.29) is 5.91 Å². The lowest BCUT2D eigenvalue weighted by Crippen LogP contribution is -2.17. The van der Waals surface area contributed by atoms with Crippen molar-refractivity contribution in [2.24, 2.45) is 0 Å². The Morgan fingerprint density at radius 3 is 2.50 bits per heavy atom. The second kappa shape index (κ2) is 12.0. The largest absolute Gasteiger partial charge is 0.491 e. The first kappa shape index (κ1) is 23.4. The van der Waals surface area contributed by atoms with Gasteiger partial charge in [-0.1, -0.05) is 25.7 Å². The first-order chi connectivity index (χ1) is 15.6. The zero-order valence-corrected chi connectivity index (χ0v) is 18.6. The van der Waals surface area contributed by atoms with E-state index in [0.29, 0.717) is 18.9 Å². The monoisotopic (exact) mass is 438 g/mol. The molecule has 0 aliphatic rings. The normalized spacial score (nSPS) is 10.8. The average Bonchev–Trinajstić information content (AvgIpc) is 2.83. The van der Waals surface area contributed by atoms with Gasteiger partial charge in [0.15, 0.2) is 0 Å². The summed E-state index contributed by atoms with van der Waals surface area (Å²) in [7, 11) is 1.60. The number of fused-ring (bicyclic) bond motifs is 1. The maximum Gasteiger partial charge on any atom is 0.243 e. The first-order valence-electron chi connectivity index (χ1n) is 10.9. The molecule has 2 N–H and O–H groups in total. The Hall–Kier alpha value is -3.26. The van der Waals surface area contributed by atoms with Crippen LogP contribution < -0.4 is 15.0 Å². The minimum absolute atomic E-state index is 0.322. The van der Waals surface area contributed by atoms with E-state index in [1.807, 2.05) is 25.1 Å². The number of rotatable bonds is 12. The molecule has 1 aromatic carbocycles. The van der Waals surface area contributed by atoms with Gasteiger partial charge in [0.1, 0.15) is 17.6 Å². The molecule has 0 saturated carbocycles. The van der Waals surface area contributed by atoms with Crippen molar-refractivity contribution in [1.82, 2.24) is 20.4 Å². The van der Waals surface area contributed by atoms with Crippen LogP contribution in [0, 0.1) is 6.92 Å². The third-order valence-electron chi connectivity index (χ3n) is 5.36. The van der Waals surface area contributed by atoms with E-state index in [0.717, 1.165) is 72.0 Å². The number of hydrogen-bond acceptors (Lipinski definition) is 7. The molecular formula is C24H30N4O4. The number of unbranched alkanes of at least 4 members (excludes halogenated alkanes) is 5. The number of nitrogens with zero attached hydrogens (tertiary/aromatic N) is 3. The molecule has 1 amide bonds. The number of hydrogen-bond donors (Lipinski definition) is 2. The van der Waals surface area contributed by atoms with Crippen LogP contribution in [-0.2, 0) is 4.79 Å². The van der Waals surface area contributed by atoms with Crippen molar-refractivity contribution in [3.8, 4) is 22.8 Å². The Labute approximate surface area is 188 Å². The third-order valence-corrected chi connectivity index (χ3v) is 5.36. The molecule has 0 spiro atoms. The highest BCUT2D eigenvalue weighted by molar-refractivity contribution is 5.91. The van der Waals surface area contributed by atoms with Crippen molar-refractivity contribution in [2.75, 3.05) is 13.7 Å². The first-order valence-corrected chi connectivity index (χ1v) is 10.9. The molecule has 8 nitrogen and oxygen atoms in total. The van der Waals surface area contributed by atoms with Crippen LogP contribution in [0.1, 0.15) is 50.6 Å². The molecular weight excluding hydrogens is 408 g/mol. The van der Waals surface area contributed by atoms with Crippen molar-refractivity contribution in [3.63, 3.8) is 0 Å². The van der Waals surface area contributed by atoms with Gasteiger partial charge in [0, 0.05) is 35.3 Å². The summed E-state index contributed by atoms with van der Waals surface area (Å²) in [4.78, 5) is 24.1. The van der Waals surface area contributed by atoms with Crippen LogP contribution in [0.25, 0.3) is 22.0 Å². The molecule has 0 radical (unpaired) electrons. The van der Waals surface area contributed by atoms with Crippen molar-refractivity contribution in [1.29, 1.82) is 0 Å². The molecule has 3 aromatic rings. The summed E-state index contributed by atoms with van der Waals surface area (Å²) < 4.78 is 11.3. The Morgan fingerprint density at radius 2 is 1.78 bits per heavy atom. The van der Waals surface area contributed by atoms with E-state index in [2.05, 4.69) is 21.0 Å². The molecule has 0 bridgehead atoms. The van der Waals surface area contributed by atoms with Gasteiger partial charge in [-0.25, -0.2) is 20.4 Å². The molecule has 8 heteroatoms. The SMILES string of the molecule is COc1ccc(-c2cc(OCCCCCCCCC(=O)NO)c3ncnc(C)c3c2)cn1. The maximum absolute atomic E-state index is 11.0. The summed E-state index contributed by atoms with van der Waals surface area (Å²) in [5.74, 6) is 0.994. The number of aromatic nitrogens is 3. The number of methoxy groups -OCH3 is 1. The van der Waals surface area contributed by atoms with Crippen LogP contribution in [0.15, 0.2) is 36.8 Å². The molecule has 0 unspecified atom stereocenters. The van der Waals surface area contributed by atoms with Gasteiger partial charge in [-0.15, -0.1) is 0 Å². The van der Waals surface area contributed by atoms with E-state index >= 15 is 0 Å². The van der Waals surface area contributed by atoms with Gasteiger partial charge in [-0.2, -0.15) is 0 Å². The lowest BCUT2D eigenvalue weighted by molar-refractivity contribution is -0.129. The van der Waals surface area contributed by atoms with E-state index in [1.165, 1.54) is 0 Å². The second-order valence-electron chi connectivity index (χ2n) is 7.67. The number of carbonyl (C=O) groups is 1. The Kier molecular flexibility index (Phi) is 8.74. The maximum atomic E-state index is 11.0. The minimum atomic E-state index is -0.322. The molecule has 32 heavy (non-hydrogen) atoms. The summed E-state index contributed by atoms with van der Waals surface area (Å²) in [6.45, 7) is 2.57. The van der Waals surface area contributed by atoms with Crippen LogP contribution in [0.4, 0.5) is 0 Å². The Balaban J connectivity index is 1.59. The van der Waals surface area contributed by atoms with Crippen molar-refractivity contribution in [2.45, 2.75) is 51.9 Å². The summed E-state index contributed by atoms with van der Waals surface area (Å²) >= 11 is 0. The van der Waals surface area contributed by atoms with Gasteiger partial charge < -0.3 is 9.47 Å². The zero-order valence-electron chi connectivity index (χ0n) is 18.6. The van der Waals surface area contributed by atoms with Crippen LogP contribution in [0.2, 0.25) is 0 Å². The molecule has 0 aliphatic heterocycles. The lowest BCUT2D eigenvalue weighted by atomic mass is 10.0. The van der Waals surface area contributed by atoms with Gasteiger partial charge in [0.2, 0.25) is 11.8 Å². The van der Waals surface area contributed by atoms with Crippen LogP contribution in [0.3, 0.4) is 0 Å². The highest BCUT2D eigenvalue weighted by Crippen LogP contribution is 2.32. The van der Waals surface area contributed by atoms with Crippen molar-refractivity contribution >= 4 is 16.8 Å². The molecule has 0 saturated heterocycles. The molecule has 0 atom stereocenters. The second-order valence-corrected chi connectivity index (χ2v) is 7.67. The van der Waals surface area contributed by atoms with Gasteiger partial charge in [-0.05, 0) is 43.5 Å². The number of aryl methyl sites for hydroxylation is 1. The van der Waals surface area contributed by atoms with E-state index in [9.17, 15) is 4.79 Å². The number of ether oxygens (including phenoxy) is 2. The standard InChI is InChI=1S/C24H30N4O4/c1-17-20-13-19(18-10-11-23(31-2)25-15-18)14-21(24(20)27-16-26-17)32-12-8-6-4-3-5-7-9-22(29)28-30/h10-11,13-16,30H,3-9,12H2,1-2H3,(H,28,29). The summed E-state index contributed by atoms with van der Waals surface area (Å²) in [6.07, 6.45) is 9.64. The lowest BCUT2D eigenvalue weighted by Gasteiger charge is -2.13. The van der Waals surface area contributed by atoms with E-state index in [1.54, 1.807) is 25.1 Å². The van der Waals surface area contributed by atoms with Gasteiger partial charge >= 0.3 is 0 Å². The number of pyridine rings is 1. The van der Waals surface area contributed by atoms with Gasteiger partial charge in [0.25, 0.3) is 0 Å². The predicted octanol–water partition coefficient (Wildman–Crippen LogP) is 4.62. The summed E-state index contributed by atoms with van der Waals surface area (Å²) in [6, 6.07) is 7.88. The number of benzene rings is 1. The number of carbonyl (C=O) groups excluding carboxylic acids is 1. The van der Waals surface area contributed by atoms with E-state index < -0.39 is 0 Å². The quantitative estimate of drug-likeness (QED) is 0.241. The fourth-order valence-electron chi connectivity index (χ4n) is 3.54. The van der Waals surface area contributed by atoms with Gasteiger partial charge in [-0.3, -0.25) is 10.0 Å². The summed E-state index contributed by atoms with van der Waals surface area (Å²) in [5.41, 5.74) is 5.33. The highest BCUT2D eigenvalue weighted by Gasteiger charge is 2.11. The van der Waals surface area contributed by atoms with Crippen LogP contribution in [-0.4, -0.2) is 39.8 Å². The minimum Gasteiger partial charge on any atom is -0.491 e. The predicted molar refractivity (Wildman–Crippen MR) is 122 cm³/mol. The smallest absolute Gasteiger partial charge is 0.243 e. The Bertz CT molecular complexity index is 1020. The highest BCUT2D eigenvalue weighted by atomic mass is 16.5. The van der Waals surface area contributed by atoms with Crippen LogP contribution in [0.5, 0.6) is 11.6 Å². The zero-order chi connectivity index (χ0) is 22.8. The van der Waals surface area contributed by atoms with Crippen molar-refractivity contribution in [3.05, 3.63) is 42.5 Å². The topological polar surface area (TPSA) is 106 Å². The third kappa shape index (κ3) is 6.37. The molecule has 0 aliphatic carbocycles.